The van der Waals surface area contributed by atoms with Crippen molar-refractivity contribution in [2.45, 2.75) is 46.0 Å². The summed E-state index contributed by atoms with van der Waals surface area (Å²) in [7, 11) is 1.49. The van der Waals surface area contributed by atoms with E-state index in [2.05, 4.69) is 25.8 Å². The van der Waals surface area contributed by atoms with Crippen LogP contribution < -0.4 is 0 Å². The molecule has 0 amide bonds. The molecule has 4 heteroatoms. The van der Waals surface area contributed by atoms with Crippen molar-refractivity contribution in [1.82, 2.24) is 4.98 Å². The van der Waals surface area contributed by atoms with Crippen LogP contribution in [0.2, 0.25) is 0 Å². The first-order chi connectivity index (χ1) is 8.95. The Balaban J connectivity index is 2.07. The fourth-order valence-electron chi connectivity index (χ4n) is 3.36. The monoisotopic (exact) mass is 281 g/mol. The molecule has 2 rings (SSSR count). The van der Waals surface area contributed by atoms with E-state index in [0.717, 1.165) is 19.3 Å². The lowest BCUT2D eigenvalue weighted by atomic mass is 9.63. The molecular formula is C15H23NO2S. The molecule has 0 spiro atoms. The van der Waals surface area contributed by atoms with Crippen LogP contribution in [0.25, 0.3) is 0 Å². The lowest BCUT2D eigenvalue weighted by Crippen LogP contribution is -2.39. The SMILES string of the molecule is COC(=O)C1CCC(C(C)c2nccs2)CC1(C)C. The summed E-state index contributed by atoms with van der Waals surface area (Å²) < 4.78 is 4.94. The summed E-state index contributed by atoms with van der Waals surface area (Å²) in [6.07, 6.45) is 4.96. The first-order valence-corrected chi connectivity index (χ1v) is 7.81. The Kier molecular flexibility index (Phi) is 4.29. The number of nitrogens with zero attached hydrogens (tertiary/aromatic N) is 1. The van der Waals surface area contributed by atoms with Crippen LogP contribution >= 0.6 is 11.3 Å². The maximum absolute atomic E-state index is 11.9. The molecule has 106 valence electrons. The third kappa shape index (κ3) is 2.99. The van der Waals surface area contributed by atoms with E-state index in [1.54, 1.807) is 11.3 Å². The summed E-state index contributed by atoms with van der Waals surface area (Å²) in [5, 5.41) is 3.26. The number of methoxy groups -OCH3 is 1. The fraction of sp³-hybridized carbons (Fsp3) is 0.733. The summed E-state index contributed by atoms with van der Waals surface area (Å²) in [6.45, 7) is 6.64. The molecule has 1 heterocycles. The molecule has 1 aliphatic carbocycles. The summed E-state index contributed by atoms with van der Waals surface area (Å²) in [5.41, 5.74) is 0.0154. The van der Waals surface area contributed by atoms with Crippen LogP contribution in [0.3, 0.4) is 0 Å². The highest BCUT2D eigenvalue weighted by Crippen LogP contribution is 2.48. The highest BCUT2D eigenvalue weighted by atomic mass is 32.1. The molecular weight excluding hydrogens is 258 g/mol. The average Bonchev–Trinajstić information content (AvgIpc) is 2.89. The molecule has 3 atom stereocenters. The second-order valence-electron chi connectivity index (χ2n) is 6.26. The minimum absolute atomic E-state index is 0.0154. The smallest absolute Gasteiger partial charge is 0.309 e. The molecule has 1 aromatic rings. The molecule has 1 aliphatic rings. The zero-order valence-electron chi connectivity index (χ0n) is 12.2. The van der Waals surface area contributed by atoms with Crippen LogP contribution in [0.5, 0.6) is 0 Å². The van der Waals surface area contributed by atoms with Gasteiger partial charge in [-0.05, 0) is 30.6 Å². The number of hydrogen-bond donors (Lipinski definition) is 0. The second-order valence-corrected chi connectivity index (χ2v) is 7.19. The maximum Gasteiger partial charge on any atom is 0.309 e. The Hall–Kier alpha value is -0.900. The molecule has 0 aliphatic heterocycles. The van der Waals surface area contributed by atoms with E-state index in [4.69, 9.17) is 4.74 Å². The summed E-state index contributed by atoms with van der Waals surface area (Å²) in [5.74, 6) is 1.09. The maximum atomic E-state index is 11.9. The largest absolute Gasteiger partial charge is 0.469 e. The number of rotatable bonds is 3. The lowest BCUT2D eigenvalue weighted by molar-refractivity contribution is -0.152. The number of ether oxygens (including phenoxy) is 1. The molecule has 0 bridgehead atoms. The predicted octanol–water partition coefficient (Wildman–Crippen LogP) is 3.86. The van der Waals surface area contributed by atoms with E-state index in [0.29, 0.717) is 11.8 Å². The Morgan fingerprint density at radius 3 is 2.79 bits per heavy atom. The van der Waals surface area contributed by atoms with Crippen LogP contribution in [0.4, 0.5) is 0 Å². The van der Waals surface area contributed by atoms with Crippen molar-refractivity contribution in [3.8, 4) is 0 Å². The first-order valence-electron chi connectivity index (χ1n) is 6.93. The van der Waals surface area contributed by atoms with Gasteiger partial charge in [0, 0.05) is 17.5 Å². The van der Waals surface area contributed by atoms with Gasteiger partial charge in [-0.15, -0.1) is 11.3 Å². The van der Waals surface area contributed by atoms with E-state index in [1.165, 1.54) is 12.1 Å². The van der Waals surface area contributed by atoms with Crippen molar-refractivity contribution in [3.63, 3.8) is 0 Å². The molecule has 3 unspecified atom stereocenters. The van der Waals surface area contributed by atoms with Gasteiger partial charge < -0.3 is 4.74 Å². The van der Waals surface area contributed by atoms with Gasteiger partial charge in [0.1, 0.15) is 0 Å². The van der Waals surface area contributed by atoms with Gasteiger partial charge in [0.05, 0.1) is 18.0 Å². The predicted molar refractivity (Wildman–Crippen MR) is 77.2 cm³/mol. The van der Waals surface area contributed by atoms with Crippen molar-refractivity contribution < 1.29 is 9.53 Å². The standard InChI is InChI=1S/C15H23NO2S/c1-10(13-16-7-8-19-13)11-5-6-12(14(17)18-4)15(2,3)9-11/h7-8,10-12H,5-6,9H2,1-4H3. The van der Waals surface area contributed by atoms with Crippen LogP contribution in [0.15, 0.2) is 11.6 Å². The summed E-state index contributed by atoms with van der Waals surface area (Å²) >= 11 is 1.73. The third-order valence-electron chi connectivity index (χ3n) is 4.59. The zero-order chi connectivity index (χ0) is 14.0. The van der Waals surface area contributed by atoms with Crippen LogP contribution in [0.1, 0.15) is 51.0 Å². The molecule has 0 N–H and O–H groups in total. The van der Waals surface area contributed by atoms with Crippen molar-refractivity contribution in [1.29, 1.82) is 0 Å². The Morgan fingerprint density at radius 1 is 1.53 bits per heavy atom. The molecule has 0 aromatic carbocycles. The number of esters is 1. The Labute approximate surface area is 119 Å². The molecule has 1 aromatic heterocycles. The third-order valence-corrected chi connectivity index (χ3v) is 5.57. The normalized spacial score (nSPS) is 27.8. The topological polar surface area (TPSA) is 39.2 Å². The van der Waals surface area contributed by atoms with E-state index in [-0.39, 0.29) is 17.3 Å². The van der Waals surface area contributed by atoms with Crippen molar-refractivity contribution >= 4 is 17.3 Å². The van der Waals surface area contributed by atoms with E-state index >= 15 is 0 Å². The highest BCUT2D eigenvalue weighted by molar-refractivity contribution is 7.09. The van der Waals surface area contributed by atoms with Crippen LogP contribution in [-0.4, -0.2) is 18.1 Å². The Morgan fingerprint density at radius 2 is 2.26 bits per heavy atom. The number of thiazole rings is 1. The minimum atomic E-state index is -0.0506. The number of aromatic nitrogens is 1. The number of carbonyl (C=O) groups excluding carboxylic acids is 1. The van der Waals surface area contributed by atoms with Gasteiger partial charge >= 0.3 is 5.97 Å². The van der Waals surface area contributed by atoms with E-state index in [9.17, 15) is 4.79 Å². The quantitative estimate of drug-likeness (QED) is 0.790. The van der Waals surface area contributed by atoms with Crippen LogP contribution in [-0.2, 0) is 9.53 Å². The molecule has 0 radical (unpaired) electrons. The van der Waals surface area contributed by atoms with Gasteiger partial charge in [-0.1, -0.05) is 20.8 Å². The molecule has 1 fully saturated rings. The van der Waals surface area contributed by atoms with Gasteiger partial charge in [0.2, 0.25) is 0 Å². The first kappa shape index (κ1) is 14.5. The van der Waals surface area contributed by atoms with Gasteiger partial charge in [-0.3, -0.25) is 4.79 Å². The van der Waals surface area contributed by atoms with Gasteiger partial charge in [0.25, 0.3) is 0 Å². The van der Waals surface area contributed by atoms with Gasteiger partial charge in [0.15, 0.2) is 0 Å². The number of hydrogen-bond acceptors (Lipinski definition) is 4. The van der Waals surface area contributed by atoms with E-state index < -0.39 is 0 Å². The molecule has 0 saturated heterocycles. The lowest BCUT2D eigenvalue weighted by Gasteiger charge is -2.42. The molecule has 19 heavy (non-hydrogen) atoms. The minimum Gasteiger partial charge on any atom is -0.469 e. The van der Waals surface area contributed by atoms with Crippen LogP contribution in [0, 0.1) is 17.3 Å². The molecule has 1 saturated carbocycles. The van der Waals surface area contributed by atoms with Crippen molar-refractivity contribution in [2.75, 3.05) is 7.11 Å². The van der Waals surface area contributed by atoms with E-state index in [1.807, 2.05) is 11.6 Å². The summed E-state index contributed by atoms with van der Waals surface area (Å²) in [4.78, 5) is 16.3. The van der Waals surface area contributed by atoms with Gasteiger partial charge in [-0.2, -0.15) is 0 Å². The van der Waals surface area contributed by atoms with Crippen molar-refractivity contribution in [2.24, 2.45) is 17.3 Å². The Bertz CT molecular complexity index is 427. The fourth-order valence-corrected chi connectivity index (χ4v) is 4.15. The molecule has 3 nitrogen and oxygen atoms in total. The zero-order valence-corrected chi connectivity index (χ0v) is 13.0. The van der Waals surface area contributed by atoms with Gasteiger partial charge in [-0.25, -0.2) is 4.98 Å². The summed E-state index contributed by atoms with van der Waals surface area (Å²) in [6, 6.07) is 0. The number of carbonyl (C=O) groups is 1. The second kappa shape index (κ2) is 5.61. The average molecular weight is 281 g/mol. The van der Waals surface area contributed by atoms with Crippen molar-refractivity contribution in [3.05, 3.63) is 16.6 Å². The highest BCUT2D eigenvalue weighted by Gasteiger charge is 2.43.